The lowest BCUT2D eigenvalue weighted by Gasteiger charge is -2.06. The first kappa shape index (κ1) is 23.1. The van der Waals surface area contributed by atoms with E-state index in [1.807, 2.05) is 12.1 Å². The van der Waals surface area contributed by atoms with Crippen LogP contribution in [0.4, 0.5) is 11.4 Å². The second-order valence-electron chi connectivity index (χ2n) is 7.38. The number of methoxy groups -OCH3 is 1. The highest BCUT2D eigenvalue weighted by atomic mass is 35.5. The van der Waals surface area contributed by atoms with Crippen LogP contribution >= 0.6 is 11.6 Å². The molecule has 4 aromatic rings. The van der Waals surface area contributed by atoms with Crippen LogP contribution in [0.2, 0.25) is 5.02 Å². The number of hydrogen-bond donors (Lipinski definition) is 2. The number of halogens is 1. The molecule has 10 heteroatoms. The van der Waals surface area contributed by atoms with Gasteiger partial charge in [-0.25, -0.2) is 4.98 Å². The van der Waals surface area contributed by atoms with Gasteiger partial charge in [-0.15, -0.1) is 0 Å². The zero-order valence-electron chi connectivity index (χ0n) is 18.3. The van der Waals surface area contributed by atoms with Crippen LogP contribution in [0.15, 0.2) is 71.5 Å². The topological polar surface area (TPSA) is 111 Å². The molecule has 2 amide bonds. The molecule has 9 nitrogen and oxygen atoms in total. The monoisotopic (exact) mass is 479 g/mol. The molecule has 2 N–H and O–H groups in total. The third-order valence-electron chi connectivity index (χ3n) is 4.84. The highest BCUT2D eigenvalue weighted by Crippen LogP contribution is 2.23. The van der Waals surface area contributed by atoms with Gasteiger partial charge in [0.1, 0.15) is 12.3 Å². The minimum absolute atomic E-state index is 0.00564. The molecule has 0 aliphatic carbocycles. The summed E-state index contributed by atoms with van der Waals surface area (Å²) < 4.78 is 12.3. The number of hydrogen-bond acceptors (Lipinski definition) is 6. The number of ether oxygens (including phenoxy) is 1. The van der Waals surface area contributed by atoms with Crippen molar-refractivity contribution in [2.45, 2.75) is 19.4 Å². The second-order valence-corrected chi connectivity index (χ2v) is 7.81. The zero-order valence-corrected chi connectivity index (χ0v) is 19.1. The number of carbonyl (C=O) groups is 2. The van der Waals surface area contributed by atoms with E-state index in [-0.39, 0.29) is 24.8 Å². The number of rotatable bonds is 9. The Hall–Kier alpha value is -4.11. The lowest BCUT2D eigenvalue weighted by atomic mass is 10.2. The van der Waals surface area contributed by atoms with Crippen molar-refractivity contribution in [2.75, 3.05) is 17.7 Å². The molecule has 174 valence electrons. The van der Waals surface area contributed by atoms with E-state index in [9.17, 15) is 9.59 Å². The molecule has 0 aliphatic heterocycles. The fraction of sp³-hybridized carbons (Fsp3) is 0.167. The molecule has 0 saturated carbocycles. The van der Waals surface area contributed by atoms with Gasteiger partial charge in [0.25, 0.3) is 0 Å². The number of aryl methyl sites for hydroxylation is 1. The molecule has 0 fully saturated rings. The van der Waals surface area contributed by atoms with Gasteiger partial charge in [0, 0.05) is 35.3 Å². The van der Waals surface area contributed by atoms with Gasteiger partial charge in [-0.2, -0.15) is 5.10 Å². The molecule has 0 spiro atoms. The van der Waals surface area contributed by atoms with Gasteiger partial charge < -0.3 is 19.8 Å². The van der Waals surface area contributed by atoms with Crippen LogP contribution in [-0.4, -0.2) is 33.7 Å². The van der Waals surface area contributed by atoms with Crippen LogP contribution in [0.25, 0.3) is 11.3 Å². The minimum Gasteiger partial charge on any atom is -0.497 e. The molecule has 0 radical (unpaired) electrons. The predicted octanol–water partition coefficient (Wildman–Crippen LogP) is 4.41. The number of nitrogens with zero attached hydrogens (tertiary/aromatic N) is 3. The molecule has 4 rings (SSSR count). The maximum atomic E-state index is 12.3. The van der Waals surface area contributed by atoms with Crippen molar-refractivity contribution in [3.8, 4) is 17.1 Å². The molecular weight excluding hydrogens is 458 g/mol. The van der Waals surface area contributed by atoms with Crippen molar-refractivity contribution in [2.24, 2.45) is 0 Å². The fourth-order valence-corrected chi connectivity index (χ4v) is 3.28. The molecule has 0 aliphatic rings. The Morgan fingerprint density at radius 2 is 1.74 bits per heavy atom. The van der Waals surface area contributed by atoms with Gasteiger partial charge >= 0.3 is 0 Å². The number of amides is 2. The second kappa shape index (κ2) is 10.7. The molecule has 2 aromatic carbocycles. The van der Waals surface area contributed by atoms with Crippen LogP contribution in [0, 0.1) is 0 Å². The highest BCUT2D eigenvalue weighted by molar-refractivity contribution is 6.30. The number of carbonyl (C=O) groups excluding carboxylic acids is 2. The molecule has 2 heterocycles. The van der Waals surface area contributed by atoms with Gasteiger partial charge in [0.15, 0.2) is 11.7 Å². The van der Waals surface area contributed by atoms with Crippen LogP contribution in [-0.2, 0) is 22.6 Å². The minimum atomic E-state index is -0.244. The Bertz CT molecular complexity index is 1270. The zero-order chi connectivity index (χ0) is 23.9. The number of anilines is 2. The number of oxazole rings is 1. The van der Waals surface area contributed by atoms with Gasteiger partial charge in [-0.1, -0.05) is 11.6 Å². The third-order valence-corrected chi connectivity index (χ3v) is 5.10. The molecular formula is C24H22ClN5O4. The predicted molar refractivity (Wildman–Crippen MR) is 128 cm³/mol. The van der Waals surface area contributed by atoms with Crippen LogP contribution in [0.5, 0.6) is 5.75 Å². The Labute approximate surface area is 200 Å². The molecule has 2 aromatic heterocycles. The highest BCUT2D eigenvalue weighted by Gasteiger charge is 2.11. The number of nitrogens with one attached hydrogen (secondary N) is 2. The van der Waals surface area contributed by atoms with E-state index in [0.717, 1.165) is 5.56 Å². The van der Waals surface area contributed by atoms with Crippen molar-refractivity contribution in [3.63, 3.8) is 0 Å². The van der Waals surface area contributed by atoms with Gasteiger partial charge in [-0.3, -0.25) is 14.3 Å². The van der Waals surface area contributed by atoms with Crippen molar-refractivity contribution < 1.29 is 18.7 Å². The van der Waals surface area contributed by atoms with E-state index in [2.05, 4.69) is 20.7 Å². The van der Waals surface area contributed by atoms with Crippen LogP contribution < -0.4 is 15.4 Å². The fourth-order valence-electron chi connectivity index (χ4n) is 3.15. The Balaban J connectivity index is 1.24. The number of benzene rings is 2. The van der Waals surface area contributed by atoms with Gasteiger partial charge in [0.2, 0.25) is 11.8 Å². The molecule has 0 unspecified atom stereocenters. The molecule has 0 atom stereocenters. The maximum Gasteiger partial charge on any atom is 0.246 e. The van der Waals surface area contributed by atoms with E-state index in [1.165, 1.54) is 10.9 Å². The van der Waals surface area contributed by atoms with E-state index in [0.29, 0.717) is 40.2 Å². The van der Waals surface area contributed by atoms with Crippen molar-refractivity contribution in [3.05, 3.63) is 78.0 Å². The van der Waals surface area contributed by atoms with Gasteiger partial charge in [0.05, 0.1) is 25.2 Å². The third kappa shape index (κ3) is 6.23. The Morgan fingerprint density at radius 1 is 1.00 bits per heavy atom. The van der Waals surface area contributed by atoms with Gasteiger partial charge in [-0.05, 0) is 48.5 Å². The first-order valence-electron chi connectivity index (χ1n) is 10.5. The maximum absolute atomic E-state index is 12.3. The van der Waals surface area contributed by atoms with Crippen molar-refractivity contribution in [1.29, 1.82) is 0 Å². The SMILES string of the molecule is COc1ccc(NC(=O)Cn2cc(NC(=O)CCc3ncc(-c4ccc(Cl)cc4)o3)cn2)cc1. The summed E-state index contributed by atoms with van der Waals surface area (Å²) in [6.45, 7) is 0.00564. The van der Waals surface area contributed by atoms with E-state index in [4.69, 9.17) is 20.8 Å². The van der Waals surface area contributed by atoms with E-state index < -0.39 is 0 Å². The summed E-state index contributed by atoms with van der Waals surface area (Å²) in [6, 6.07) is 14.2. The average molecular weight is 480 g/mol. The largest absolute Gasteiger partial charge is 0.497 e. The Morgan fingerprint density at radius 3 is 2.47 bits per heavy atom. The number of aromatic nitrogens is 3. The first-order valence-corrected chi connectivity index (χ1v) is 10.8. The van der Waals surface area contributed by atoms with E-state index >= 15 is 0 Å². The average Bonchev–Trinajstić information content (AvgIpc) is 3.48. The van der Waals surface area contributed by atoms with E-state index in [1.54, 1.807) is 55.9 Å². The van der Waals surface area contributed by atoms with Crippen molar-refractivity contribution in [1.82, 2.24) is 14.8 Å². The first-order chi connectivity index (χ1) is 16.5. The smallest absolute Gasteiger partial charge is 0.246 e. The summed E-state index contributed by atoms with van der Waals surface area (Å²) in [7, 11) is 1.58. The summed E-state index contributed by atoms with van der Waals surface area (Å²) in [5, 5.41) is 10.3. The summed E-state index contributed by atoms with van der Waals surface area (Å²) in [6.07, 6.45) is 5.23. The molecule has 0 bridgehead atoms. The quantitative estimate of drug-likeness (QED) is 0.368. The van der Waals surface area contributed by atoms with Crippen LogP contribution in [0.3, 0.4) is 0 Å². The summed E-state index contributed by atoms with van der Waals surface area (Å²) in [5.74, 6) is 1.32. The standard InChI is InChI=1S/C24H22ClN5O4/c1-33-20-8-6-18(7-9-20)28-23(32)15-30-14-19(12-27-30)29-22(31)10-11-24-26-13-21(34-24)16-2-4-17(25)5-3-16/h2-9,12-14H,10-11,15H2,1H3,(H,28,32)(H,29,31). The summed E-state index contributed by atoms with van der Waals surface area (Å²) in [4.78, 5) is 28.8. The molecule has 34 heavy (non-hydrogen) atoms. The summed E-state index contributed by atoms with van der Waals surface area (Å²) in [5.41, 5.74) is 2.00. The Kier molecular flexibility index (Phi) is 7.24. The lowest BCUT2D eigenvalue weighted by Crippen LogP contribution is -2.19. The normalized spacial score (nSPS) is 10.6. The molecule has 0 saturated heterocycles. The lowest BCUT2D eigenvalue weighted by molar-refractivity contribution is -0.117. The summed E-state index contributed by atoms with van der Waals surface area (Å²) >= 11 is 5.90. The van der Waals surface area contributed by atoms with Crippen molar-refractivity contribution >= 4 is 34.8 Å². The van der Waals surface area contributed by atoms with Crippen LogP contribution in [0.1, 0.15) is 12.3 Å².